The first kappa shape index (κ1) is 11.5. The van der Waals surface area contributed by atoms with Crippen LogP contribution in [0.3, 0.4) is 0 Å². The highest BCUT2D eigenvalue weighted by molar-refractivity contribution is 5.76. The molecule has 0 saturated carbocycles. The van der Waals surface area contributed by atoms with Crippen LogP contribution in [0.1, 0.15) is 32.6 Å². The predicted molar refractivity (Wildman–Crippen MR) is 54.4 cm³/mol. The van der Waals surface area contributed by atoms with E-state index in [1.54, 1.807) is 0 Å². The number of nitrogens with two attached hydrogens (primary N) is 1. The van der Waals surface area contributed by atoms with E-state index < -0.39 is 0 Å². The molecule has 0 radical (unpaired) electrons. The van der Waals surface area contributed by atoms with Crippen LogP contribution in [0.25, 0.3) is 0 Å². The van der Waals surface area contributed by atoms with Gasteiger partial charge in [0.2, 0.25) is 5.91 Å². The Bertz CT molecular complexity index is 177. The van der Waals surface area contributed by atoms with Crippen LogP contribution in [0.15, 0.2) is 0 Å². The molecule has 4 nitrogen and oxygen atoms in total. The summed E-state index contributed by atoms with van der Waals surface area (Å²) in [5.41, 5.74) is 0. The molecule has 1 aliphatic rings. The van der Waals surface area contributed by atoms with E-state index in [1.807, 2.05) is 4.90 Å². The molecule has 1 fully saturated rings. The summed E-state index contributed by atoms with van der Waals surface area (Å²) < 4.78 is 0. The van der Waals surface area contributed by atoms with Gasteiger partial charge in [-0.15, -0.1) is 0 Å². The zero-order chi connectivity index (χ0) is 10.4. The Kier molecular flexibility index (Phi) is 4.90. The van der Waals surface area contributed by atoms with E-state index in [0.717, 1.165) is 38.3 Å². The first-order chi connectivity index (χ1) is 6.74. The maximum absolute atomic E-state index is 11.6. The Labute approximate surface area is 85.3 Å². The number of carbonyl (C=O) groups is 1. The van der Waals surface area contributed by atoms with Gasteiger partial charge in [0.05, 0.1) is 6.61 Å². The lowest BCUT2D eigenvalue weighted by Crippen LogP contribution is -2.37. The van der Waals surface area contributed by atoms with Crippen LogP contribution < -0.4 is 5.90 Å². The van der Waals surface area contributed by atoms with E-state index in [0.29, 0.717) is 13.0 Å². The number of hydrogen-bond acceptors (Lipinski definition) is 3. The van der Waals surface area contributed by atoms with Crippen molar-refractivity contribution in [3.63, 3.8) is 0 Å². The maximum Gasteiger partial charge on any atom is 0.222 e. The second-order valence-corrected chi connectivity index (χ2v) is 4.04. The largest absolute Gasteiger partial charge is 0.343 e. The standard InChI is InChI=1S/C10H20N2O2/c1-9-4-6-12(7-5-9)10(13)3-2-8-14-11/h9H,2-8,11H2,1H3. The van der Waals surface area contributed by atoms with Crippen molar-refractivity contribution in [3.8, 4) is 0 Å². The van der Waals surface area contributed by atoms with Crippen LogP contribution in [0.5, 0.6) is 0 Å². The average Bonchev–Trinajstić information content (AvgIpc) is 2.19. The molecule has 82 valence electrons. The van der Waals surface area contributed by atoms with Crippen LogP contribution in [-0.2, 0) is 9.63 Å². The highest BCUT2D eigenvalue weighted by atomic mass is 16.6. The van der Waals surface area contributed by atoms with E-state index in [1.165, 1.54) is 0 Å². The van der Waals surface area contributed by atoms with Crippen molar-refractivity contribution in [2.45, 2.75) is 32.6 Å². The third-order valence-electron chi connectivity index (χ3n) is 2.79. The Morgan fingerprint density at radius 1 is 1.50 bits per heavy atom. The van der Waals surface area contributed by atoms with Gasteiger partial charge in [-0.25, -0.2) is 5.90 Å². The summed E-state index contributed by atoms with van der Waals surface area (Å²) in [7, 11) is 0. The van der Waals surface area contributed by atoms with E-state index in [-0.39, 0.29) is 5.91 Å². The van der Waals surface area contributed by atoms with E-state index >= 15 is 0 Å². The molecule has 0 aromatic rings. The summed E-state index contributed by atoms with van der Waals surface area (Å²) in [6.07, 6.45) is 3.56. The quantitative estimate of drug-likeness (QED) is 0.542. The topological polar surface area (TPSA) is 55.6 Å². The summed E-state index contributed by atoms with van der Waals surface area (Å²) >= 11 is 0. The normalized spacial score (nSPS) is 18.6. The third kappa shape index (κ3) is 3.64. The Balaban J connectivity index is 2.17. The van der Waals surface area contributed by atoms with Crippen molar-refractivity contribution in [3.05, 3.63) is 0 Å². The first-order valence-electron chi connectivity index (χ1n) is 5.33. The molecule has 0 aromatic heterocycles. The molecule has 1 heterocycles. The fourth-order valence-electron chi connectivity index (χ4n) is 1.72. The summed E-state index contributed by atoms with van der Waals surface area (Å²) in [5, 5.41) is 0. The number of piperidine rings is 1. The molecule has 0 aromatic carbocycles. The van der Waals surface area contributed by atoms with Gasteiger partial charge in [0.25, 0.3) is 0 Å². The lowest BCUT2D eigenvalue weighted by atomic mass is 9.99. The minimum atomic E-state index is 0.244. The molecule has 0 aliphatic carbocycles. The molecular weight excluding hydrogens is 180 g/mol. The Morgan fingerprint density at radius 3 is 2.71 bits per heavy atom. The van der Waals surface area contributed by atoms with Gasteiger partial charge in [0.15, 0.2) is 0 Å². The van der Waals surface area contributed by atoms with Crippen molar-refractivity contribution in [2.24, 2.45) is 11.8 Å². The van der Waals surface area contributed by atoms with Crippen molar-refractivity contribution in [1.82, 2.24) is 4.90 Å². The molecular formula is C10H20N2O2. The van der Waals surface area contributed by atoms with Crippen LogP contribution in [0, 0.1) is 5.92 Å². The molecule has 14 heavy (non-hydrogen) atoms. The minimum absolute atomic E-state index is 0.244. The second kappa shape index (κ2) is 5.98. The van der Waals surface area contributed by atoms with Crippen molar-refractivity contribution < 1.29 is 9.63 Å². The molecule has 1 amide bonds. The second-order valence-electron chi connectivity index (χ2n) is 4.04. The number of likely N-dealkylation sites (tertiary alicyclic amines) is 1. The molecule has 1 rings (SSSR count). The maximum atomic E-state index is 11.6. The molecule has 1 saturated heterocycles. The summed E-state index contributed by atoms with van der Waals surface area (Å²) in [6, 6.07) is 0. The van der Waals surface area contributed by atoms with Gasteiger partial charge < -0.3 is 9.74 Å². The molecule has 0 unspecified atom stereocenters. The van der Waals surface area contributed by atoms with Crippen molar-refractivity contribution in [1.29, 1.82) is 0 Å². The third-order valence-corrected chi connectivity index (χ3v) is 2.79. The summed E-state index contributed by atoms with van der Waals surface area (Å²) in [6.45, 7) is 4.55. The first-order valence-corrected chi connectivity index (χ1v) is 5.33. The lowest BCUT2D eigenvalue weighted by Gasteiger charge is -2.30. The lowest BCUT2D eigenvalue weighted by molar-refractivity contribution is -0.132. The van der Waals surface area contributed by atoms with Crippen LogP contribution in [-0.4, -0.2) is 30.5 Å². The smallest absolute Gasteiger partial charge is 0.222 e. The molecule has 0 spiro atoms. The number of nitrogens with zero attached hydrogens (tertiary/aromatic N) is 1. The molecule has 4 heteroatoms. The van der Waals surface area contributed by atoms with Crippen LogP contribution >= 0.6 is 0 Å². The van der Waals surface area contributed by atoms with E-state index in [4.69, 9.17) is 5.90 Å². The minimum Gasteiger partial charge on any atom is -0.343 e. The molecule has 0 atom stereocenters. The van der Waals surface area contributed by atoms with Gasteiger partial charge in [0, 0.05) is 19.5 Å². The SMILES string of the molecule is CC1CCN(C(=O)CCCON)CC1. The molecule has 1 aliphatic heterocycles. The highest BCUT2D eigenvalue weighted by Crippen LogP contribution is 2.16. The Morgan fingerprint density at radius 2 is 2.14 bits per heavy atom. The van der Waals surface area contributed by atoms with Crippen LogP contribution in [0.4, 0.5) is 0 Å². The molecule has 2 N–H and O–H groups in total. The van der Waals surface area contributed by atoms with Crippen LogP contribution in [0.2, 0.25) is 0 Å². The average molecular weight is 200 g/mol. The predicted octanol–water partition coefficient (Wildman–Crippen LogP) is 0.915. The Hall–Kier alpha value is -0.610. The fourth-order valence-corrected chi connectivity index (χ4v) is 1.72. The van der Waals surface area contributed by atoms with Crippen molar-refractivity contribution in [2.75, 3.05) is 19.7 Å². The van der Waals surface area contributed by atoms with Gasteiger partial charge in [-0.2, -0.15) is 0 Å². The number of hydrogen-bond donors (Lipinski definition) is 1. The summed E-state index contributed by atoms with van der Waals surface area (Å²) in [4.78, 5) is 18.0. The number of rotatable bonds is 4. The van der Waals surface area contributed by atoms with E-state index in [2.05, 4.69) is 11.8 Å². The number of amides is 1. The monoisotopic (exact) mass is 200 g/mol. The summed E-state index contributed by atoms with van der Waals surface area (Å²) in [5.74, 6) is 5.90. The van der Waals surface area contributed by atoms with Crippen molar-refractivity contribution >= 4 is 5.91 Å². The van der Waals surface area contributed by atoms with Gasteiger partial charge in [0.1, 0.15) is 0 Å². The van der Waals surface area contributed by atoms with Gasteiger partial charge in [-0.05, 0) is 25.2 Å². The number of carbonyl (C=O) groups excluding carboxylic acids is 1. The fraction of sp³-hybridized carbons (Fsp3) is 0.900. The highest BCUT2D eigenvalue weighted by Gasteiger charge is 2.19. The van der Waals surface area contributed by atoms with Gasteiger partial charge in [-0.1, -0.05) is 6.92 Å². The molecule has 0 bridgehead atoms. The van der Waals surface area contributed by atoms with Gasteiger partial charge >= 0.3 is 0 Å². The van der Waals surface area contributed by atoms with E-state index in [9.17, 15) is 4.79 Å². The zero-order valence-electron chi connectivity index (χ0n) is 8.87. The van der Waals surface area contributed by atoms with Gasteiger partial charge in [-0.3, -0.25) is 4.79 Å². The zero-order valence-corrected chi connectivity index (χ0v) is 8.87.